The largest absolute Gasteiger partial charge is 0.311 e. The Labute approximate surface area is 98.5 Å². The molecule has 0 fully saturated rings. The molecule has 1 aromatic rings. The van der Waals surface area contributed by atoms with Crippen LogP contribution in [0.5, 0.6) is 0 Å². The SMILES string of the molecule is CCC(=Cc1cn(C)nc1C)CNC(C)C. The molecule has 3 heteroatoms. The highest BCUT2D eigenvalue weighted by molar-refractivity contribution is 5.54. The van der Waals surface area contributed by atoms with Crippen LogP contribution in [0.1, 0.15) is 38.4 Å². The van der Waals surface area contributed by atoms with Crippen molar-refractivity contribution < 1.29 is 0 Å². The molecule has 1 heterocycles. The van der Waals surface area contributed by atoms with Crippen molar-refractivity contribution in [2.45, 2.75) is 40.2 Å². The molecule has 0 saturated heterocycles. The summed E-state index contributed by atoms with van der Waals surface area (Å²) in [5, 5.41) is 7.79. The van der Waals surface area contributed by atoms with Crippen molar-refractivity contribution in [2.75, 3.05) is 6.54 Å². The van der Waals surface area contributed by atoms with E-state index in [4.69, 9.17) is 0 Å². The van der Waals surface area contributed by atoms with E-state index in [1.807, 2.05) is 11.7 Å². The van der Waals surface area contributed by atoms with Crippen LogP contribution in [-0.2, 0) is 7.05 Å². The van der Waals surface area contributed by atoms with Crippen molar-refractivity contribution in [2.24, 2.45) is 7.05 Å². The van der Waals surface area contributed by atoms with Crippen LogP contribution in [-0.4, -0.2) is 22.4 Å². The van der Waals surface area contributed by atoms with Crippen molar-refractivity contribution in [1.29, 1.82) is 0 Å². The number of aromatic nitrogens is 2. The van der Waals surface area contributed by atoms with Crippen LogP contribution < -0.4 is 5.32 Å². The van der Waals surface area contributed by atoms with E-state index in [1.165, 1.54) is 11.1 Å². The number of nitrogens with one attached hydrogen (secondary N) is 1. The van der Waals surface area contributed by atoms with Crippen LogP contribution >= 0.6 is 0 Å². The highest BCUT2D eigenvalue weighted by atomic mass is 15.2. The van der Waals surface area contributed by atoms with Crippen molar-refractivity contribution in [3.63, 3.8) is 0 Å². The molecule has 0 saturated carbocycles. The number of aryl methyl sites for hydroxylation is 2. The van der Waals surface area contributed by atoms with Gasteiger partial charge in [-0.1, -0.05) is 32.4 Å². The summed E-state index contributed by atoms with van der Waals surface area (Å²) in [6.45, 7) is 9.54. The predicted molar refractivity (Wildman–Crippen MR) is 69.4 cm³/mol. The van der Waals surface area contributed by atoms with Gasteiger partial charge >= 0.3 is 0 Å². The maximum absolute atomic E-state index is 4.35. The number of hydrogen-bond acceptors (Lipinski definition) is 2. The summed E-state index contributed by atoms with van der Waals surface area (Å²) in [6, 6.07) is 0.532. The molecule has 0 bridgehead atoms. The summed E-state index contributed by atoms with van der Waals surface area (Å²) >= 11 is 0. The van der Waals surface area contributed by atoms with Gasteiger partial charge in [-0.05, 0) is 13.3 Å². The second kappa shape index (κ2) is 5.85. The average molecular weight is 221 g/mol. The molecule has 0 aliphatic heterocycles. The molecule has 1 N–H and O–H groups in total. The third kappa shape index (κ3) is 3.81. The lowest BCUT2D eigenvalue weighted by molar-refractivity contribution is 0.617. The van der Waals surface area contributed by atoms with Gasteiger partial charge in [0.15, 0.2) is 0 Å². The zero-order chi connectivity index (χ0) is 12.1. The van der Waals surface area contributed by atoms with Gasteiger partial charge in [0.05, 0.1) is 5.69 Å². The highest BCUT2D eigenvalue weighted by Gasteiger charge is 2.02. The average Bonchev–Trinajstić information content (AvgIpc) is 2.51. The normalized spacial score (nSPS) is 12.5. The fraction of sp³-hybridized carbons (Fsp3) is 0.615. The lowest BCUT2D eigenvalue weighted by atomic mass is 10.1. The van der Waals surface area contributed by atoms with Crippen LogP contribution in [0.2, 0.25) is 0 Å². The lowest BCUT2D eigenvalue weighted by Crippen LogP contribution is -2.24. The van der Waals surface area contributed by atoms with Gasteiger partial charge in [-0.15, -0.1) is 0 Å². The molecule has 0 aromatic carbocycles. The first-order chi connectivity index (χ1) is 7.52. The number of hydrogen-bond donors (Lipinski definition) is 1. The topological polar surface area (TPSA) is 29.9 Å². The molecular weight excluding hydrogens is 198 g/mol. The summed E-state index contributed by atoms with van der Waals surface area (Å²) in [5.41, 5.74) is 3.74. The molecule has 1 aromatic heterocycles. The van der Waals surface area contributed by atoms with E-state index >= 15 is 0 Å². The van der Waals surface area contributed by atoms with Crippen LogP contribution in [0, 0.1) is 6.92 Å². The Kier molecular flexibility index (Phi) is 4.74. The van der Waals surface area contributed by atoms with Crippen LogP contribution in [0.3, 0.4) is 0 Å². The second-order valence-corrected chi connectivity index (χ2v) is 4.54. The molecule has 0 spiro atoms. The monoisotopic (exact) mass is 221 g/mol. The zero-order valence-corrected chi connectivity index (χ0v) is 11.0. The molecule has 0 unspecified atom stereocenters. The summed E-state index contributed by atoms with van der Waals surface area (Å²) in [4.78, 5) is 0. The first-order valence-electron chi connectivity index (χ1n) is 5.96. The third-order valence-corrected chi connectivity index (χ3v) is 2.60. The molecule has 90 valence electrons. The van der Waals surface area contributed by atoms with E-state index in [1.54, 1.807) is 0 Å². The summed E-state index contributed by atoms with van der Waals surface area (Å²) in [5.74, 6) is 0. The van der Waals surface area contributed by atoms with E-state index in [-0.39, 0.29) is 0 Å². The third-order valence-electron chi connectivity index (χ3n) is 2.60. The quantitative estimate of drug-likeness (QED) is 0.828. The highest BCUT2D eigenvalue weighted by Crippen LogP contribution is 2.12. The van der Waals surface area contributed by atoms with Crippen molar-refractivity contribution in [3.8, 4) is 0 Å². The molecule has 1 rings (SSSR count). The van der Waals surface area contributed by atoms with Crippen molar-refractivity contribution in [1.82, 2.24) is 15.1 Å². The number of rotatable bonds is 5. The minimum atomic E-state index is 0.532. The van der Waals surface area contributed by atoms with Gasteiger partial charge in [0.25, 0.3) is 0 Å². The molecule has 0 atom stereocenters. The van der Waals surface area contributed by atoms with Gasteiger partial charge in [0.2, 0.25) is 0 Å². The maximum Gasteiger partial charge on any atom is 0.0665 e. The maximum atomic E-state index is 4.35. The molecule has 0 aliphatic rings. The van der Waals surface area contributed by atoms with Crippen LogP contribution in [0.15, 0.2) is 11.8 Å². The first-order valence-corrected chi connectivity index (χ1v) is 5.96. The fourth-order valence-electron chi connectivity index (χ4n) is 1.59. The van der Waals surface area contributed by atoms with Gasteiger partial charge in [-0.3, -0.25) is 4.68 Å². The molecular formula is C13H23N3. The Morgan fingerprint density at radius 3 is 2.69 bits per heavy atom. The molecule has 0 amide bonds. The first kappa shape index (κ1) is 13.0. The van der Waals surface area contributed by atoms with E-state index < -0.39 is 0 Å². The smallest absolute Gasteiger partial charge is 0.0665 e. The Balaban J connectivity index is 2.75. The van der Waals surface area contributed by atoms with Crippen molar-refractivity contribution >= 4 is 6.08 Å². The van der Waals surface area contributed by atoms with E-state index in [9.17, 15) is 0 Å². The molecule has 3 nitrogen and oxygen atoms in total. The van der Waals surface area contributed by atoms with Gasteiger partial charge in [0.1, 0.15) is 0 Å². The Bertz CT molecular complexity index is 361. The van der Waals surface area contributed by atoms with E-state index in [0.717, 1.165) is 18.7 Å². The molecule has 16 heavy (non-hydrogen) atoms. The minimum absolute atomic E-state index is 0.532. The van der Waals surface area contributed by atoms with E-state index in [2.05, 4.69) is 50.4 Å². The minimum Gasteiger partial charge on any atom is -0.311 e. The summed E-state index contributed by atoms with van der Waals surface area (Å²) in [7, 11) is 1.96. The van der Waals surface area contributed by atoms with Crippen molar-refractivity contribution in [3.05, 3.63) is 23.0 Å². The standard InChI is InChI=1S/C13H23N3/c1-6-12(8-14-10(2)3)7-13-9-16(5)15-11(13)4/h7,9-10,14H,6,8H2,1-5H3. The lowest BCUT2D eigenvalue weighted by Gasteiger charge is -2.09. The van der Waals surface area contributed by atoms with Gasteiger partial charge < -0.3 is 5.32 Å². The number of nitrogens with zero attached hydrogens (tertiary/aromatic N) is 2. The van der Waals surface area contributed by atoms with Crippen LogP contribution in [0.4, 0.5) is 0 Å². The summed E-state index contributed by atoms with van der Waals surface area (Å²) < 4.78 is 1.87. The Hall–Kier alpha value is -1.09. The van der Waals surface area contributed by atoms with Crippen LogP contribution in [0.25, 0.3) is 6.08 Å². The predicted octanol–water partition coefficient (Wildman–Crippen LogP) is 2.52. The second-order valence-electron chi connectivity index (χ2n) is 4.54. The molecule has 0 radical (unpaired) electrons. The zero-order valence-electron chi connectivity index (χ0n) is 11.0. The van der Waals surface area contributed by atoms with Gasteiger partial charge in [-0.2, -0.15) is 5.10 Å². The van der Waals surface area contributed by atoms with Gasteiger partial charge in [0, 0.05) is 31.4 Å². The summed E-state index contributed by atoms with van der Waals surface area (Å²) in [6.07, 6.45) is 5.39. The van der Waals surface area contributed by atoms with E-state index in [0.29, 0.717) is 6.04 Å². The Morgan fingerprint density at radius 2 is 2.25 bits per heavy atom. The Morgan fingerprint density at radius 1 is 1.56 bits per heavy atom. The van der Waals surface area contributed by atoms with Gasteiger partial charge in [-0.25, -0.2) is 0 Å². The molecule has 0 aliphatic carbocycles. The fourth-order valence-corrected chi connectivity index (χ4v) is 1.59.